The Morgan fingerprint density at radius 2 is 2.21 bits per heavy atom. The molecular formula is C16H21N8O4+. The highest BCUT2D eigenvalue weighted by Gasteiger charge is 2.38. The number of rotatable bonds is 6. The van der Waals surface area contributed by atoms with Crippen molar-refractivity contribution in [3.8, 4) is 0 Å². The van der Waals surface area contributed by atoms with Crippen LogP contribution in [-0.4, -0.2) is 63.2 Å². The van der Waals surface area contributed by atoms with Crippen molar-refractivity contribution in [1.29, 1.82) is 5.39 Å². The summed E-state index contributed by atoms with van der Waals surface area (Å²) in [5.74, 6) is -1.78. The molecule has 0 bridgehead atoms. The van der Waals surface area contributed by atoms with Gasteiger partial charge in [-0.2, -0.15) is 0 Å². The molecule has 4 amide bonds. The Morgan fingerprint density at radius 3 is 2.82 bits per heavy atom. The van der Waals surface area contributed by atoms with Crippen molar-refractivity contribution in [1.82, 2.24) is 25.5 Å². The SMILES string of the molecule is N#[N+]c1ncc(C[C@H](NC(=O)[C@@H]2CCC(=O)N2)C(=O)N2CCC[C@H]2C(N)=O)[nH]1. The van der Waals surface area contributed by atoms with Gasteiger partial charge in [0.2, 0.25) is 23.6 Å². The molecule has 28 heavy (non-hydrogen) atoms. The zero-order chi connectivity index (χ0) is 20.3. The smallest absolute Gasteiger partial charge is 0.368 e. The van der Waals surface area contributed by atoms with Crippen LogP contribution in [0.3, 0.4) is 0 Å². The zero-order valence-corrected chi connectivity index (χ0v) is 15.1. The minimum atomic E-state index is -1.00. The summed E-state index contributed by atoms with van der Waals surface area (Å²) in [5.41, 5.74) is 5.85. The Balaban J connectivity index is 1.78. The first-order valence-electron chi connectivity index (χ1n) is 8.97. The number of amides is 4. The van der Waals surface area contributed by atoms with Crippen LogP contribution in [0.15, 0.2) is 6.20 Å². The Hall–Kier alpha value is -3.49. The largest absolute Gasteiger partial charge is 0.525 e. The maximum atomic E-state index is 13.1. The minimum absolute atomic E-state index is 0.0354. The molecule has 0 saturated carbocycles. The van der Waals surface area contributed by atoms with Crippen molar-refractivity contribution < 1.29 is 19.2 Å². The number of nitrogens with one attached hydrogen (secondary N) is 3. The van der Waals surface area contributed by atoms with Crippen LogP contribution in [0, 0.1) is 5.39 Å². The van der Waals surface area contributed by atoms with Crippen LogP contribution >= 0.6 is 0 Å². The molecule has 0 spiro atoms. The van der Waals surface area contributed by atoms with E-state index in [1.54, 1.807) is 0 Å². The number of H-pyrrole nitrogens is 1. The maximum Gasteiger partial charge on any atom is 0.525 e. The number of carbonyl (C=O) groups excluding carboxylic acids is 4. The molecule has 0 unspecified atom stereocenters. The lowest BCUT2D eigenvalue weighted by molar-refractivity contribution is -0.140. The van der Waals surface area contributed by atoms with Gasteiger partial charge in [-0.25, -0.2) is 4.98 Å². The summed E-state index contributed by atoms with van der Waals surface area (Å²) in [4.78, 5) is 59.4. The van der Waals surface area contributed by atoms with Gasteiger partial charge in [0.25, 0.3) is 0 Å². The van der Waals surface area contributed by atoms with Crippen LogP contribution in [0.1, 0.15) is 31.4 Å². The summed E-state index contributed by atoms with van der Waals surface area (Å²) in [6, 6.07) is -2.43. The van der Waals surface area contributed by atoms with Crippen LogP contribution in [0.2, 0.25) is 0 Å². The van der Waals surface area contributed by atoms with Gasteiger partial charge in [-0.15, -0.1) is 0 Å². The number of aromatic nitrogens is 2. The number of likely N-dealkylation sites (tertiary alicyclic amines) is 1. The monoisotopic (exact) mass is 389 g/mol. The number of primary amides is 1. The third-order valence-corrected chi connectivity index (χ3v) is 4.92. The molecule has 3 atom stereocenters. The first kappa shape index (κ1) is 19.3. The molecule has 12 heteroatoms. The average Bonchev–Trinajstić information content (AvgIpc) is 3.40. The first-order chi connectivity index (χ1) is 13.4. The fourth-order valence-electron chi connectivity index (χ4n) is 3.53. The average molecular weight is 389 g/mol. The van der Waals surface area contributed by atoms with Gasteiger partial charge in [0, 0.05) is 19.4 Å². The molecule has 2 fully saturated rings. The molecule has 3 heterocycles. The molecule has 148 valence electrons. The van der Waals surface area contributed by atoms with E-state index < -0.39 is 35.8 Å². The number of aromatic amines is 1. The lowest BCUT2D eigenvalue weighted by Crippen LogP contribution is -2.56. The van der Waals surface area contributed by atoms with E-state index in [0.717, 1.165) is 0 Å². The highest BCUT2D eigenvalue weighted by molar-refractivity contribution is 5.95. The summed E-state index contributed by atoms with van der Waals surface area (Å²) < 4.78 is 0. The highest BCUT2D eigenvalue weighted by Crippen LogP contribution is 2.19. The van der Waals surface area contributed by atoms with E-state index in [0.29, 0.717) is 31.5 Å². The van der Waals surface area contributed by atoms with Gasteiger partial charge in [0.1, 0.15) is 30.0 Å². The molecule has 3 rings (SSSR count). The summed E-state index contributed by atoms with van der Waals surface area (Å²) >= 11 is 0. The Bertz CT molecular complexity index is 844. The van der Waals surface area contributed by atoms with E-state index in [4.69, 9.17) is 11.1 Å². The Labute approximate surface area is 159 Å². The van der Waals surface area contributed by atoms with E-state index in [9.17, 15) is 19.2 Å². The molecule has 5 N–H and O–H groups in total. The van der Waals surface area contributed by atoms with Crippen molar-refractivity contribution in [3.05, 3.63) is 16.9 Å². The normalized spacial score (nSPS) is 22.4. The second-order valence-electron chi connectivity index (χ2n) is 6.85. The predicted octanol–water partition coefficient (Wildman–Crippen LogP) is -1.32. The van der Waals surface area contributed by atoms with Crippen molar-refractivity contribution >= 4 is 29.6 Å². The van der Waals surface area contributed by atoms with Gasteiger partial charge >= 0.3 is 5.95 Å². The van der Waals surface area contributed by atoms with Crippen LogP contribution in [0.25, 0.3) is 4.98 Å². The van der Waals surface area contributed by atoms with E-state index >= 15 is 0 Å². The van der Waals surface area contributed by atoms with Crippen molar-refractivity contribution in [3.63, 3.8) is 0 Å². The Kier molecular flexibility index (Phi) is 5.53. The summed E-state index contributed by atoms with van der Waals surface area (Å²) in [5, 5.41) is 14.0. The van der Waals surface area contributed by atoms with Gasteiger partial charge in [-0.1, -0.05) is 4.98 Å². The molecule has 12 nitrogen and oxygen atoms in total. The summed E-state index contributed by atoms with van der Waals surface area (Å²) in [6.07, 6.45) is 3.11. The third kappa shape index (κ3) is 4.08. The van der Waals surface area contributed by atoms with E-state index in [1.807, 2.05) is 0 Å². The number of diazo groups is 1. The molecule has 2 aliphatic rings. The van der Waals surface area contributed by atoms with Gasteiger partial charge < -0.3 is 21.3 Å². The molecule has 0 aliphatic carbocycles. The second kappa shape index (κ2) is 8.03. The lowest BCUT2D eigenvalue weighted by atomic mass is 10.1. The minimum Gasteiger partial charge on any atom is -0.368 e. The van der Waals surface area contributed by atoms with E-state index in [1.165, 1.54) is 11.1 Å². The van der Waals surface area contributed by atoms with Gasteiger partial charge in [-0.05, 0) is 24.2 Å². The molecular weight excluding hydrogens is 368 g/mol. The van der Waals surface area contributed by atoms with Crippen LogP contribution < -0.4 is 16.4 Å². The molecule has 2 aliphatic heterocycles. The quantitative estimate of drug-likeness (QED) is 0.438. The lowest BCUT2D eigenvalue weighted by Gasteiger charge is -2.28. The fourth-order valence-corrected chi connectivity index (χ4v) is 3.53. The number of carbonyl (C=O) groups is 4. The molecule has 1 aromatic heterocycles. The van der Waals surface area contributed by atoms with Crippen molar-refractivity contribution in [2.45, 2.75) is 50.2 Å². The Morgan fingerprint density at radius 1 is 1.43 bits per heavy atom. The fraction of sp³-hybridized carbons (Fsp3) is 0.562. The van der Waals surface area contributed by atoms with Crippen LogP contribution in [0.4, 0.5) is 5.95 Å². The van der Waals surface area contributed by atoms with Crippen molar-refractivity contribution in [2.24, 2.45) is 5.73 Å². The number of hydrogen-bond acceptors (Lipinski definition) is 6. The highest BCUT2D eigenvalue weighted by atomic mass is 16.2. The molecule has 0 aromatic carbocycles. The molecule has 1 aromatic rings. The number of nitrogens with two attached hydrogens (primary N) is 1. The standard InChI is InChI=1S/C16H20N8O4/c17-13(26)11-2-1-5-24(11)15(28)10(6-8-7-19-16(20-8)23-18)22-14(27)9-3-4-12(25)21-9/h7,9-11H,1-6H2,(H4-,17,19,20,21,22,25,26,27)/p+1/t9-,10-,11-/m0/s1. The number of imidazole rings is 1. The zero-order valence-electron chi connectivity index (χ0n) is 15.1. The van der Waals surface area contributed by atoms with Gasteiger partial charge in [0.05, 0.1) is 5.39 Å². The number of nitrogens with zero attached hydrogens (tertiary/aromatic N) is 4. The third-order valence-electron chi connectivity index (χ3n) is 4.92. The van der Waals surface area contributed by atoms with Crippen LogP contribution in [0.5, 0.6) is 0 Å². The molecule has 0 radical (unpaired) electrons. The second-order valence-corrected chi connectivity index (χ2v) is 6.85. The first-order valence-corrected chi connectivity index (χ1v) is 8.97. The van der Waals surface area contributed by atoms with Crippen LogP contribution in [-0.2, 0) is 25.6 Å². The topological polar surface area (TPSA) is 178 Å². The summed E-state index contributed by atoms with van der Waals surface area (Å²) in [6.45, 7) is 0.360. The number of hydrogen-bond donors (Lipinski definition) is 4. The van der Waals surface area contributed by atoms with Crippen molar-refractivity contribution in [2.75, 3.05) is 6.54 Å². The summed E-state index contributed by atoms with van der Waals surface area (Å²) in [7, 11) is 0. The van der Waals surface area contributed by atoms with E-state index in [-0.39, 0.29) is 24.7 Å². The predicted molar refractivity (Wildman–Crippen MR) is 94.1 cm³/mol. The van der Waals surface area contributed by atoms with Gasteiger partial charge in [0.15, 0.2) is 0 Å². The molecule has 2 saturated heterocycles. The maximum absolute atomic E-state index is 13.1. The van der Waals surface area contributed by atoms with E-state index in [2.05, 4.69) is 25.6 Å². The van der Waals surface area contributed by atoms with Gasteiger partial charge in [-0.3, -0.25) is 19.2 Å².